The highest BCUT2D eigenvalue weighted by Crippen LogP contribution is 2.18. The number of hydrogen-bond donors (Lipinski definition) is 3. The minimum atomic E-state index is -0.492. The minimum Gasteiger partial charge on any atom is -0.494 e. The molecule has 1 aromatic heterocycles. The number of rotatable bonds is 6. The van der Waals surface area contributed by atoms with Crippen molar-refractivity contribution in [2.75, 3.05) is 5.32 Å². The fourth-order valence-electron chi connectivity index (χ4n) is 2.19. The summed E-state index contributed by atoms with van der Waals surface area (Å²) >= 11 is 5.09. The lowest BCUT2D eigenvalue weighted by atomic mass is 10.2. The maximum Gasteiger partial charge on any atom is 0.264 e. The van der Waals surface area contributed by atoms with Crippen molar-refractivity contribution in [1.29, 1.82) is 0 Å². The van der Waals surface area contributed by atoms with Crippen LogP contribution in [0, 0.1) is 4.77 Å². The van der Waals surface area contributed by atoms with Gasteiger partial charge in [-0.1, -0.05) is 13.3 Å². The van der Waals surface area contributed by atoms with Gasteiger partial charge in [-0.15, -0.1) is 0 Å². The summed E-state index contributed by atoms with van der Waals surface area (Å²) in [6.45, 7) is 3.97. The van der Waals surface area contributed by atoms with Gasteiger partial charge in [0.2, 0.25) is 11.8 Å². The summed E-state index contributed by atoms with van der Waals surface area (Å²) in [5, 5.41) is 13.0. The highest BCUT2D eigenvalue weighted by Gasteiger charge is 2.10. The molecule has 2 rings (SSSR count). The molecule has 0 saturated heterocycles. The number of H-pyrrole nitrogens is 1. The number of nitrogens with zero attached hydrogens (tertiary/aromatic N) is 2. The van der Waals surface area contributed by atoms with E-state index in [2.05, 4.69) is 15.3 Å². The third kappa shape index (κ3) is 4.87. The molecule has 0 fully saturated rings. The average molecular weight is 360 g/mol. The first kappa shape index (κ1) is 18.6. The number of carbonyl (C=O) groups excluding carboxylic acids is 1. The predicted molar refractivity (Wildman–Crippen MR) is 100 cm³/mol. The number of aromatic amines is 1. The van der Waals surface area contributed by atoms with E-state index in [-0.39, 0.29) is 22.1 Å². The second-order valence-corrected chi connectivity index (χ2v) is 5.87. The van der Waals surface area contributed by atoms with Gasteiger partial charge in [0.05, 0.1) is 5.69 Å². The number of unbranched alkanes of at least 4 members (excludes halogenated alkanes) is 1. The van der Waals surface area contributed by atoms with Crippen molar-refractivity contribution in [2.24, 2.45) is 4.99 Å². The van der Waals surface area contributed by atoms with Gasteiger partial charge in [0, 0.05) is 25.4 Å². The Balaban J connectivity index is 2.30. The molecule has 0 atom stereocenters. The molecule has 2 aromatic rings. The van der Waals surface area contributed by atoms with Crippen LogP contribution in [0.5, 0.6) is 5.88 Å². The zero-order valence-electron chi connectivity index (χ0n) is 14.1. The molecule has 0 saturated carbocycles. The zero-order chi connectivity index (χ0) is 18.4. The number of nitrogens with one attached hydrogen (secondary N) is 2. The van der Waals surface area contributed by atoms with Gasteiger partial charge >= 0.3 is 0 Å². The molecule has 0 bridgehead atoms. The summed E-state index contributed by atoms with van der Waals surface area (Å²) in [6.07, 6.45) is 3.07. The summed E-state index contributed by atoms with van der Waals surface area (Å²) < 4.78 is 1.68. The largest absolute Gasteiger partial charge is 0.494 e. The van der Waals surface area contributed by atoms with E-state index in [1.807, 2.05) is 6.92 Å². The van der Waals surface area contributed by atoms with Gasteiger partial charge in [-0.3, -0.25) is 24.1 Å². The Morgan fingerprint density at radius 3 is 2.68 bits per heavy atom. The van der Waals surface area contributed by atoms with Crippen LogP contribution in [-0.2, 0) is 11.3 Å². The van der Waals surface area contributed by atoms with E-state index in [0.29, 0.717) is 17.9 Å². The number of carbonyl (C=O) groups is 1. The molecule has 0 aliphatic carbocycles. The first-order chi connectivity index (χ1) is 11.9. The Kier molecular flexibility index (Phi) is 6.24. The molecule has 132 valence electrons. The molecule has 3 N–H and O–H groups in total. The van der Waals surface area contributed by atoms with Gasteiger partial charge in [-0.2, -0.15) is 0 Å². The highest BCUT2D eigenvalue weighted by molar-refractivity contribution is 7.71. The minimum absolute atomic E-state index is 0.0515. The van der Waals surface area contributed by atoms with E-state index in [1.54, 1.807) is 24.3 Å². The number of hydrogen-bond acceptors (Lipinski definition) is 5. The van der Waals surface area contributed by atoms with Crippen molar-refractivity contribution in [2.45, 2.75) is 33.2 Å². The SMILES string of the molecule is CCCCn1c(O)c(C=Nc2ccc(NC(C)=O)cc2)c(=O)[nH]c1=S. The first-order valence-corrected chi connectivity index (χ1v) is 8.31. The molecular weight excluding hydrogens is 340 g/mol. The third-order valence-electron chi connectivity index (χ3n) is 3.47. The van der Waals surface area contributed by atoms with Crippen LogP contribution in [0.2, 0.25) is 0 Å². The number of aliphatic imine (C=N–C) groups is 1. The summed E-state index contributed by atoms with van der Waals surface area (Å²) in [7, 11) is 0. The molecule has 0 unspecified atom stereocenters. The Hall–Kier alpha value is -2.74. The van der Waals surface area contributed by atoms with E-state index < -0.39 is 5.56 Å². The molecule has 0 aliphatic heterocycles. The van der Waals surface area contributed by atoms with Crippen LogP contribution in [0.4, 0.5) is 11.4 Å². The van der Waals surface area contributed by atoms with Gasteiger partial charge < -0.3 is 10.4 Å². The molecule has 25 heavy (non-hydrogen) atoms. The average Bonchev–Trinajstić information content (AvgIpc) is 2.55. The second kappa shape index (κ2) is 8.39. The van der Waals surface area contributed by atoms with Crippen molar-refractivity contribution in [3.63, 3.8) is 0 Å². The molecule has 1 heterocycles. The molecule has 0 spiro atoms. The van der Waals surface area contributed by atoms with Crippen LogP contribution >= 0.6 is 12.2 Å². The Morgan fingerprint density at radius 1 is 1.40 bits per heavy atom. The van der Waals surface area contributed by atoms with E-state index in [1.165, 1.54) is 17.7 Å². The molecule has 1 aromatic carbocycles. The molecule has 8 heteroatoms. The van der Waals surface area contributed by atoms with Gasteiger partial charge in [-0.05, 0) is 42.9 Å². The van der Waals surface area contributed by atoms with E-state index >= 15 is 0 Å². The second-order valence-electron chi connectivity index (χ2n) is 5.49. The predicted octanol–water partition coefficient (Wildman–Crippen LogP) is 3.12. The van der Waals surface area contributed by atoms with Gasteiger partial charge in [0.15, 0.2) is 4.77 Å². The number of aromatic nitrogens is 2. The summed E-state index contributed by atoms with van der Waals surface area (Å²) in [6, 6.07) is 6.79. The van der Waals surface area contributed by atoms with Crippen LogP contribution in [0.15, 0.2) is 34.1 Å². The maximum atomic E-state index is 12.0. The summed E-state index contributed by atoms with van der Waals surface area (Å²) in [5.41, 5.74) is 0.792. The fraction of sp³-hybridized carbons (Fsp3) is 0.294. The monoisotopic (exact) mass is 360 g/mol. The number of amides is 1. The van der Waals surface area contributed by atoms with Crippen LogP contribution in [0.3, 0.4) is 0 Å². The summed E-state index contributed by atoms with van der Waals surface area (Å²) in [5.74, 6) is -0.353. The smallest absolute Gasteiger partial charge is 0.264 e. The maximum absolute atomic E-state index is 12.0. The van der Waals surface area contributed by atoms with Gasteiger partial charge in [-0.25, -0.2) is 0 Å². The van der Waals surface area contributed by atoms with Crippen LogP contribution in [-0.4, -0.2) is 26.8 Å². The summed E-state index contributed by atoms with van der Waals surface area (Å²) in [4.78, 5) is 29.8. The van der Waals surface area contributed by atoms with Crippen LogP contribution in [0.25, 0.3) is 0 Å². The Bertz CT molecular complexity index is 898. The number of aromatic hydroxyl groups is 1. The molecule has 0 aliphatic rings. The topological polar surface area (TPSA) is 99.5 Å². The van der Waals surface area contributed by atoms with E-state index in [4.69, 9.17) is 12.2 Å². The lowest BCUT2D eigenvalue weighted by Crippen LogP contribution is -2.18. The normalized spacial score (nSPS) is 11.0. The lowest BCUT2D eigenvalue weighted by molar-refractivity contribution is -0.114. The molecule has 0 radical (unpaired) electrons. The molecule has 7 nitrogen and oxygen atoms in total. The fourth-order valence-corrected chi connectivity index (χ4v) is 2.46. The molecule has 1 amide bonds. The van der Waals surface area contributed by atoms with Crippen molar-refractivity contribution >= 4 is 35.7 Å². The zero-order valence-corrected chi connectivity index (χ0v) is 14.9. The number of benzene rings is 1. The Morgan fingerprint density at radius 2 is 2.08 bits per heavy atom. The van der Waals surface area contributed by atoms with Crippen molar-refractivity contribution in [3.8, 4) is 5.88 Å². The quantitative estimate of drug-likeness (QED) is 0.544. The van der Waals surface area contributed by atoms with Gasteiger partial charge in [0.25, 0.3) is 5.56 Å². The van der Waals surface area contributed by atoms with Crippen molar-refractivity contribution in [3.05, 3.63) is 45.0 Å². The Labute approximate surface area is 150 Å². The molecular formula is C17H20N4O3S. The van der Waals surface area contributed by atoms with Crippen molar-refractivity contribution < 1.29 is 9.90 Å². The van der Waals surface area contributed by atoms with E-state index in [0.717, 1.165) is 12.8 Å². The lowest BCUT2D eigenvalue weighted by Gasteiger charge is -2.10. The van der Waals surface area contributed by atoms with Gasteiger partial charge in [0.1, 0.15) is 5.56 Å². The van der Waals surface area contributed by atoms with Crippen LogP contribution in [0.1, 0.15) is 32.3 Å². The van der Waals surface area contributed by atoms with Crippen LogP contribution < -0.4 is 10.9 Å². The third-order valence-corrected chi connectivity index (χ3v) is 3.79. The first-order valence-electron chi connectivity index (χ1n) is 7.90. The highest BCUT2D eigenvalue weighted by atomic mass is 32.1. The standard InChI is InChI=1S/C17H20N4O3S/c1-3-4-9-21-16(24)14(15(23)20-17(21)25)10-18-12-5-7-13(8-6-12)19-11(2)22/h5-8,10,24H,3-4,9H2,1-2H3,(H,19,22)(H,20,23,25). The van der Waals surface area contributed by atoms with Crippen molar-refractivity contribution in [1.82, 2.24) is 9.55 Å². The number of anilines is 1. The van der Waals surface area contributed by atoms with E-state index in [9.17, 15) is 14.7 Å².